The van der Waals surface area contributed by atoms with E-state index in [2.05, 4.69) is 26.2 Å². The van der Waals surface area contributed by atoms with Gasteiger partial charge in [0.2, 0.25) is 0 Å². The van der Waals surface area contributed by atoms with E-state index in [4.69, 9.17) is 4.74 Å². The number of thiazole rings is 1. The first kappa shape index (κ1) is 12.5. The van der Waals surface area contributed by atoms with E-state index in [-0.39, 0.29) is 0 Å². The van der Waals surface area contributed by atoms with Gasteiger partial charge in [0.1, 0.15) is 5.75 Å². The molecule has 6 heteroatoms. The highest BCUT2D eigenvalue weighted by Gasteiger charge is 2.04. The number of benzene rings is 1. The minimum atomic E-state index is 0.694. The van der Waals surface area contributed by atoms with E-state index >= 15 is 0 Å². The molecule has 1 aromatic carbocycles. The van der Waals surface area contributed by atoms with Crippen LogP contribution in [0.5, 0.6) is 5.75 Å². The van der Waals surface area contributed by atoms with E-state index in [1.807, 2.05) is 40.4 Å². The molecule has 0 aliphatic carbocycles. The van der Waals surface area contributed by atoms with Crippen molar-refractivity contribution in [3.63, 3.8) is 0 Å². The first-order valence-corrected chi connectivity index (χ1v) is 7.42. The van der Waals surface area contributed by atoms with Crippen molar-refractivity contribution in [3.05, 3.63) is 46.1 Å². The predicted octanol–water partition coefficient (Wildman–Crippen LogP) is 3.78. The van der Waals surface area contributed by atoms with Crippen molar-refractivity contribution in [1.29, 1.82) is 0 Å². The molecule has 3 aromatic rings. The molecule has 0 bridgehead atoms. The Morgan fingerprint density at radius 1 is 1.47 bits per heavy atom. The second kappa shape index (κ2) is 5.22. The van der Waals surface area contributed by atoms with Gasteiger partial charge in [-0.3, -0.25) is 4.40 Å². The SMILES string of the molecule is COc1cc(NCc2cn3ccsc3n2)ccc1Br. The van der Waals surface area contributed by atoms with Crippen LogP contribution < -0.4 is 10.1 Å². The van der Waals surface area contributed by atoms with Gasteiger partial charge in [-0.1, -0.05) is 0 Å². The number of halogens is 1. The number of hydrogen-bond donors (Lipinski definition) is 1. The fraction of sp³-hybridized carbons (Fsp3) is 0.154. The molecule has 3 rings (SSSR count). The van der Waals surface area contributed by atoms with E-state index in [0.717, 1.165) is 26.6 Å². The van der Waals surface area contributed by atoms with Gasteiger partial charge in [0.05, 0.1) is 23.8 Å². The highest BCUT2D eigenvalue weighted by Crippen LogP contribution is 2.28. The van der Waals surface area contributed by atoms with Gasteiger partial charge in [0.25, 0.3) is 0 Å². The fourth-order valence-electron chi connectivity index (χ4n) is 1.82. The van der Waals surface area contributed by atoms with Crippen LogP contribution in [0.2, 0.25) is 0 Å². The number of imidazole rings is 1. The average Bonchev–Trinajstić information content (AvgIpc) is 2.98. The summed E-state index contributed by atoms with van der Waals surface area (Å²) in [5, 5.41) is 5.37. The van der Waals surface area contributed by atoms with E-state index < -0.39 is 0 Å². The van der Waals surface area contributed by atoms with Gasteiger partial charge in [-0.2, -0.15) is 0 Å². The molecule has 0 aliphatic rings. The molecule has 1 N–H and O–H groups in total. The molecule has 0 unspecified atom stereocenters. The second-order valence-electron chi connectivity index (χ2n) is 4.03. The Labute approximate surface area is 123 Å². The van der Waals surface area contributed by atoms with Crippen LogP contribution in [-0.2, 0) is 6.54 Å². The Balaban J connectivity index is 1.73. The molecule has 19 heavy (non-hydrogen) atoms. The number of anilines is 1. The number of nitrogens with one attached hydrogen (secondary N) is 1. The molecule has 2 heterocycles. The molecule has 2 aromatic heterocycles. The quantitative estimate of drug-likeness (QED) is 0.787. The van der Waals surface area contributed by atoms with Crippen LogP contribution in [0.15, 0.2) is 40.4 Å². The largest absolute Gasteiger partial charge is 0.495 e. The van der Waals surface area contributed by atoms with Crippen molar-refractivity contribution in [2.45, 2.75) is 6.54 Å². The third-order valence-electron chi connectivity index (χ3n) is 2.77. The number of ether oxygens (including phenoxy) is 1. The van der Waals surface area contributed by atoms with Crippen LogP contribution in [0.4, 0.5) is 5.69 Å². The third-order valence-corrected chi connectivity index (χ3v) is 4.19. The normalized spacial score (nSPS) is 10.8. The number of rotatable bonds is 4. The van der Waals surface area contributed by atoms with E-state index in [9.17, 15) is 0 Å². The Kier molecular flexibility index (Phi) is 3.44. The predicted molar refractivity (Wildman–Crippen MR) is 81.1 cm³/mol. The van der Waals surface area contributed by atoms with Gasteiger partial charge in [0.15, 0.2) is 4.96 Å². The van der Waals surface area contributed by atoms with Crippen molar-refractivity contribution >= 4 is 37.9 Å². The summed E-state index contributed by atoms with van der Waals surface area (Å²) in [5.74, 6) is 0.816. The summed E-state index contributed by atoms with van der Waals surface area (Å²) in [6.07, 6.45) is 4.05. The molecular formula is C13H12BrN3OS. The Hall–Kier alpha value is -1.53. The van der Waals surface area contributed by atoms with Crippen molar-refractivity contribution in [2.75, 3.05) is 12.4 Å². The number of fused-ring (bicyclic) bond motifs is 1. The Morgan fingerprint density at radius 2 is 2.37 bits per heavy atom. The van der Waals surface area contributed by atoms with Gasteiger partial charge in [-0.05, 0) is 28.1 Å². The van der Waals surface area contributed by atoms with Gasteiger partial charge in [-0.15, -0.1) is 11.3 Å². The molecule has 0 atom stereocenters. The maximum absolute atomic E-state index is 5.27. The van der Waals surface area contributed by atoms with E-state index in [0.29, 0.717) is 6.54 Å². The molecule has 4 nitrogen and oxygen atoms in total. The molecule has 0 saturated carbocycles. The summed E-state index contributed by atoms with van der Waals surface area (Å²) in [6.45, 7) is 0.694. The van der Waals surface area contributed by atoms with Crippen molar-refractivity contribution in [1.82, 2.24) is 9.38 Å². The topological polar surface area (TPSA) is 38.6 Å². The van der Waals surface area contributed by atoms with E-state index in [1.54, 1.807) is 18.4 Å². The van der Waals surface area contributed by atoms with Crippen molar-refractivity contribution in [2.24, 2.45) is 0 Å². The lowest BCUT2D eigenvalue weighted by Crippen LogP contribution is -2.00. The monoisotopic (exact) mass is 337 g/mol. The van der Waals surface area contributed by atoms with E-state index in [1.165, 1.54) is 0 Å². The lowest BCUT2D eigenvalue weighted by Gasteiger charge is -2.08. The van der Waals surface area contributed by atoms with Gasteiger partial charge in [0, 0.05) is 29.5 Å². The molecule has 0 spiro atoms. The molecular weight excluding hydrogens is 326 g/mol. The van der Waals surface area contributed by atoms with Crippen molar-refractivity contribution < 1.29 is 4.74 Å². The smallest absolute Gasteiger partial charge is 0.193 e. The van der Waals surface area contributed by atoms with Gasteiger partial charge >= 0.3 is 0 Å². The van der Waals surface area contributed by atoms with Gasteiger partial charge < -0.3 is 10.1 Å². The number of methoxy groups -OCH3 is 1. The molecule has 0 radical (unpaired) electrons. The number of nitrogens with zero attached hydrogens (tertiary/aromatic N) is 2. The maximum Gasteiger partial charge on any atom is 0.193 e. The van der Waals surface area contributed by atoms with Gasteiger partial charge in [-0.25, -0.2) is 4.98 Å². The Bertz CT molecular complexity index is 678. The van der Waals surface area contributed by atoms with Crippen LogP contribution in [0.25, 0.3) is 4.96 Å². The molecule has 98 valence electrons. The highest BCUT2D eigenvalue weighted by atomic mass is 79.9. The minimum Gasteiger partial charge on any atom is -0.495 e. The second-order valence-corrected chi connectivity index (χ2v) is 5.76. The molecule has 0 amide bonds. The van der Waals surface area contributed by atoms with Crippen molar-refractivity contribution in [3.8, 4) is 5.75 Å². The zero-order chi connectivity index (χ0) is 13.2. The zero-order valence-electron chi connectivity index (χ0n) is 10.3. The fourth-order valence-corrected chi connectivity index (χ4v) is 2.95. The summed E-state index contributed by atoms with van der Waals surface area (Å²) in [4.78, 5) is 5.55. The highest BCUT2D eigenvalue weighted by molar-refractivity contribution is 9.10. The molecule has 0 fully saturated rings. The van der Waals surface area contributed by atoms with Crippen LogP contribution in [0.3, 0.4) is 0 Å². The van der Waals surface area contributed by atoms with Crippen LogP contribution in [-0.4, -0.2) is 16.5 Å². The minimum absolute atomic E-state index is 0.694. The maximum atomic E-state index is 5.27. The summed E-state index contributed by atoms with van der Waals surface area (Å²) < 4.78 is 8.25. The first-order valence-electron chi connectivity index (χ1n) is 5.75. The lowest BCUT2D eigenvalue weighted by molar-refractivity contribution is 0.412. The molecule has 0 aliphatic heterocycles. The average molecular weight is 338 g/mol. The zero-order valence-corrected chi connectivity index (χ0v) is 12.7. The Morgan fingerprint density at radius 3 is 3.16 bits per heavy atom. The van der Waals surface area contributed by atoms with Crippen LogP contribution >= 0.6 is 27.3 Å². The third kappa shape index (κ3) is 2.59. The van der Waals surface area contributed by atoms with Crippen LogP contribution in [0.1, 0.15) is 5.69 Å². The number of aromatic nitrogens is 2. The number of hydrogen-bond acceptors (Lipinski definition) is 4. The summed E-state index contributed by atoms with van der Waals surface area (Å²) >= 11 is 5.07. The summed E-state index contributed by atoms with van der Waals surface area (Å²) in [7, 11) is 1.66. The lowest BCUT2D eigenvalue weighted by atomic mass is 10.3. The van der Waals surface area contributed by atoms with Crippen LogP contribution in [0, 0.1) is 0 Å². The summed E-state index contributed by atoms with van der Waals surface area (Å²) in [5.41, 5.74) is 2.03. The first-order chi connectivity index (χ1) is 9.26. The standard InChI is InChI=1S/C13H12BrN3OS/c1-18-12-6-9(2-3-11(12)14)15-7-10-8-17-4-5-19-13(17)16-10/h2-6,8,15H,7H2,1H3. The summed E-state index contributed by atoms with van der Waals surface area (Å²) in [6, 6.07) is 5.93. The molecule has 0 saturated heterocycles.